The summed E-state index contributed by atoms with van der Waals surface area (Å²) >= 11 is 0. The molecule has 0 saturated carbocycles. The molecule has 3 N–H and O–H groups in total. The van der Waals surface area contributed by atoms with Crippen LogP contribution in [0.4, 0.5) is 4.79 Å². The second kappa shape index (κ2) is 10.1. The molecule has 1 unspecified atom stereocenters. The molecule has 0 aromatic heterocycles. The van der Waals surface area contributed by atoms with Gasteiger partial charge in [0, 0.05) is 20.2 Å². The quantitative estimate of drug-likeness (QED) is 0.499. The van der Waals surface area contributed by atoms with Gasteiger partial charge in [0.2, 0.25) is 0 Å². The molecule has 0 heterocycles. The maximum Gasteiger partial charge on any atom is 0.314 e. The van der Waals surface area contributed by atoms with Crippen molar-refractivity contribution in [3.05, 3.63) is 0 Å². The van der Waals surface area contributed by atoms with Crippen molar-refractivity contribution >= 4 is 18.0 Å². The van der Waals surface area contributed by atoms with Crippen molar-refractivity contribution < 1.29 is 29.0 Å². The first-order valence-corrected chi connectivity index (χ1v) is 5.91. The number of esters is 1. The first-order valence-electron chi connectivity index (χ1n) is 5.91. The zero-order valence-corrected chi connectivity index (χ0v) is 11.1. The lowest BCUT2D eigenvalue weighted by atomic mass is 10.2. The van der Waals surface area contributed by atoms with E-state index in [0.29, 0.717) is 6.61 Å². The molecule has 8 heteroatoms. The number of urea groups is 1. The van der Waals surface area contributed by atoms with Crippen molar-refractivity contribution in [3.63, 3.8) is 0 Å². The molecule has 0 aliphatic rings. The third-order valence-electron chi connectivity index (χ3n) is 2.15. The Balaban J connectivity index is 3.73. The second-order valence-electron chi connectivity index (χ2n) is 3.65. The summed E-state index contributed by atoms with van der Waals surface area (Å²) in [7, 11) is 1.37. The van der Waals surface area contributed by atoms with Gasteiger partial charge in [-0.15, -0.1) is 0 Å². The minimum atomic E-state index is -1.00. The Morgan fingerprint density at radius 3 is 2.47 bits per heavy atom. The first-order chi connectivity index (χ1) is 8.99. The normalized spacial score (nSPS) is 11.5. The number of carboxylic acid groups (broad SMARTS) is 1. The summed E-state index contributed by atoms with van der Waals surface area (Å²) in [5.74, 6) is -1.39. The van der Waals surface area contributed by atoms with Gasteiger partial charge in [-0.25, -0.2) is 4.79 Å². The largest absolute Gasteiger partial charge is 0.481 e. The number of ether oxygens (including phenoxy) is 2. The number of carbonyl (C=O) groups excluding carboxylic acids is 2. The Kier molecular flexibility index (Phi) is 9.15. The van der Waals surface area contributed by atoms with Gasteiger partial charge in [-0.2, -0.15) is 0 Å². The van der Waals surface area contributed by atoms with Crippen molar-refractivity contribution in [1.29, 1.82) is 0 Å². The molecule has 0 spiro atoms. The highest BCUT2D eigenvalue weighted by Crippen LogP contribution is 1.95. The van der Waals surface area contributed by atoms with Gasteiger partial charge in [-0.05, 0) is 6.92 Å². The highest BCUT2D eigenvalue weighted by molar-refractivity contribution is 5.75. The van der Waals surface area contributed by atoms with Gasteiger partial charge >= 0.3 is 18.0 Å². The fourth-order valence-electron chi connectivity index (χ4n) is 1.21. The summed E-state index contributed by atoms with van der Waals surface area (Å²) in [6.07, 6.45) is -0.697. The summed E-state index contributed by atoms with van der Waals surface area (Å²) in [4.78, 5) is 32.8. The highest BCUT2D eigenvalue weighted by Gasteiger charge is 2.13. The number of amides is 2. The van der Waals surface area contributed by atoms with Crippen LogP contribution in [0.5, 0.6) is 0 Å². The van der Waals surface area contributed by atoms with E-state index in [1.165, 1.54) is 7.11 Å². The standard InChI is InChI=1S/C11H20N2O6/c1-3-19-10(16)4-5-12-11(17)13-7-8(18-2)6-9(14)15/h8H,3-7H2,1-2H3,(H,14,15)(H2,12,13,17). The maximum atomic E-state index is 11.3. The Morgan fingerprint density at radius 2 is 1.95 bits per heavy atom. The van der Waals surface area contributed by atoms with Crippen LogP contribution in [0.25, 0.3) is 0 Å². The van der Waals surface area contributed by atoms with Gasteiger partial charge in [-0.3, -0.25) is 9.59 Å². The van der Waals surface area contributed by atoms with Crippen LogP contribution < -0.4 is 10.6 Å². The number of carboxylic acids is 1. The smallest absolute Gasteiger partial charge is 0.314 e. The van der Waals surface area contributed by atoms with Crippen LogP contribution in [0.3, 0.4) is 0 Å². The minimum Gasteiger partial charge on any atom is -0.481 e. The third-order valence-corrected chi connectivity index (χ3v) is 2.15. The van der Waals surface area contributed by atoms with Gasteiger partial charge in [0.1, 0.15) is 0 Å². The zero-order chi connectivity index (χ0) is 14.7. The van der Waals surface area contributed by atoms with Crippen LogP contribution in [0, 0.1) is 0 Å². The molecule has 0 aliphatic heterocycles. The summed E-state index contributed by atoms with van der Waals surface area (Å²) < 4.78 is 9.58. The molecule has 0 aromatic rings. The number of methoxy groups -OCH3 is 1. The molecule has 0 aliphatic carbocycles. The number of carbonyl (C=O) groups is 3. The van der Waals surface area contributed by atoms with E-state index < -0.39 is 18.1 Å². The predicted molar refractivity (Wildman–Crippen MR) is 65.7 cm³/mol. The van der Waals surface area contributed by atoms with Crippen LogP contribution in [0.2, 0.25) is 0 Å². The van der Waals surface area contributed by atoms with Gasteiger partial charge in [0.05, 0.1) is 25.6 Å². The predicted octanol–water partition coefficient (Wildman–Crippen LogP) is -0.271. The molecular formula is C11H20N2O6. The Bertz CT molecular complexity index is 308. The summed E-state index contributed by atoms with van der Waals surface area (Å²) in [6.45, 7) is 2.23. The number of rotatable bonds is 9. The lowest BCUT2D eigenvalue weighted by Crippen LogP contribution is -2.41. The number of aliphatic carboxylic acids is 1. The van der Waals surface area contributed by atoms with Crippen molar-refractivity contribution in [3.8, 4) is 0 Å². The molecule has 2 amide bonds. The molecule has 1 atom stereocenters. The summed E-state index contributed by atoms with van der Waals surface area (Å²) in [5.41, 5.74) is 0. The molecule has 0 aromatic carbocycles. The van der Waals surface area contributed by atoms with Crippen molar-refractivity contribution in [2.24, 2.45) is 0 Å². The molecule has 0 fully saturated rings. The lowest BCUT2D eigenvalue weighted by Gasteiger charge is -2.14. The van der Waals surface area contributed by atoms with E-state index in [9.17, 15) is 14.4 Å². The summed E-state index contributed by atoms with van der Waals surface area (Å²) in [6, 6.07) is -0.489. The van der Waals surface area contributed by atoms with Crippen LogP contribution in [-0.2, 0) is 19.1 Å². The van der Waals surface area contributed by atoms with Gasteiger partial charge in [0.25, 0.3) is 0 Å². The van der Waals surface area contributed by atoms with Crippen LogP contribution in [-0.4, -0.2) is 56.0 Å². The zero-order valence-electron chi connectivity index (χ0n) is 11.1. The van der Waals surface area contributed by atoms with Crippen LogP contribution in [0.15, 0.2) is 0 Å². The number of hydrogen-bond acceptors (Lipinski definition) is 5. The molecule has 110 valence electrons. The molecule has 0 rings (SSSR count). The van der Waals surface area contributed by atoms with Crippen LogP contribution in [0.1, 0.15) is 19.8 Å². The fraction of sp³-hybridized carbons (Fsp3) is 0.727. The monoisotopic (exact) mass is 276 g/mol. The average Bonchev–Trinajstić information content (AvgIpc) is 2.34. The Labute approximate surface area is 111 Å². The van der Waals surface area contributed by atoms with E-state index >= 15 is 0 Å². The molecule has 0 saturated heterocycles. The molecule has 8 nitrogen and oxygen atoms in total. The lowest BCUT2D eigenvalue weighted by molar-refractivity contribution is -0.143. The third kappa shape index (κ3) is 9.83. The molecule has 0 bridgehead atoms. The average molecular weight is 276 g/mol. The van der Waals surface area contributed by atoms with Gasteiger partial charge < -0.3 is 25.2 Å². The van der Waals surface area contributed by atoms with E-state index in [1.54, 1.807) is 6.92 Å². The second-order valence-corrected chi connectivity index (χ2v) is 3.65. The van der Waals surface area contributed by atoms with Crippen molar-refractivity contribution in [2.45, 2.75) is 25.9 Å². The molecule has 19 heavy (non-hydrogen) atoms. The van der Waals surface area contributed by atoms with E-state index in [-0.39, 0.29) is 31.9 Å². The highest BCUT2D eigenvalue weighted by atomic mass is 16.5. The Morgan fingerprint density at radius 1 is 1.26 bits per heavy atom. The SMILES string of the molecule is CCOC(=O)CCNC(=O)NCC(CC(=O)O)OC. The van der Waals surface area contributed by atoms with Gasteiger partial charge in [0.15, 0.2) is 0 Å². The van der Waals surface area contributed by atoms with E-state index in [0.717, 1.165) is 0 Å². The van der Waals surface area contributed by atoms with Crippen molar-refractivity contribution in [2.75, 3.05) is 26.8 Å². The Hall–Kier alpha value is -1.83. The molecule has 0 radical (unpaired) electrons. The fourth-order valence-corrected chi connectivity index (χ4v) is 1.21. The van der Waals surface area contributed by atoms with Crippen LogP contribution >= 0.6 is 0 Å². The topological polar surface area (TPSA) is 114 Å². The van der Waals surface area contributed by atoms with E-state index in [4.69, 9.17) is 9.84 Å². The minimum absolute atomic E-state index is 0.0774. The van der Waals surface area contributed by atoms with Gasteiger partial charge in [-0.1, -0.05) is 0 Å². The van der Waals surface area contributed by atoms with E-state index in [1.807, 2.05) is 0 Å². The maximum absolute atomic E-state index is 11.3. The molecular weight excluding hydrogens is 256 g/mol. The van der Waals surface area contributed by atoms with E-state index in [2.05, 4.69) is 15.4 Å². The number of hydrogen-bond donors (Lipinski definition) is 3. The number of nitrogens with one attached hydrogen (secondary N) is 2. The first kappa shape index (κ1) is 17.2. The summed E-state index contributed by atoms with van der Waals surface area (Å²) in [5, 5.41) is 13.5. The van der Waals surface area contributed by atoms with Crippen molar-refractivity contribution in [1.82, 2.24) is 10.6 Å².